The zero-order valence-corrected chi connectivity index (χ0v) is 15.8. The van der Waals surface area contributed by atoms with E-state index >= 15 is 0 Å². The molecule has 4 heterocycles. The molecule has 1 aliphatic heterocycles. The van der Waals surface area contributed by atoms with Crippen LogP contribution in [0.3, 0.4) is 0 Å². The molecule has 3 aromatic heterocycles. The van der Waals surface area contributed by atoms with Crippen LogP contribution in [-0.4, -0.2) is 43.6 Å². The predicted molar refractivity (Wildman–Crippen MR) is 95.4 cm³/mol. The average molecular weight is 384 g/mol. The van der Waals surface area contributed by atoms with Crippen LogP contribution in [0.25, 0.3) is 0 Å². The monoisotopic (exact) mass is 384 g/mol. The number of H-pyrrole nitrogens is 1. The summed E-state index contributed by atoms with van der Waals surface area (Å²) in [4.78, 5) is 30.8. The fourth-order valence-corrected chi connectivity index (χ4v) is 3.34. The van der Waals surface area contributed by atoms with E-state index in [9.17, 15) is 9.59 Å². The summed E-state index contributed by atoms with van der Waals surface area (Å²) in [6, 6.07) is 0. The van der Waals surface area contributed by atoms with Gasteiger partial charge in [-0.15, -0.1) is 0 Å². The third kappa shape index (κ3) is 3.06. The Kier molecular flexibility index (Phi) is 4.46. The Morgan fingerprint density at radius 2 is 2.11 bits per heavy atom. The maximum absolute atomic E-state index is 12.6. The predicted octanol–water partition coefficient (Wildman–Crippen LogP) is 1.44. The first-order chi connectivity index (χ1) is 13.5. The van der Waals surface area contributed by atoms with Gasteiger partial charge in [0.2, 0.25) is 5.76 Å². The summed E-state index contributed by atoms with van der Waals surface area (Å²) in [5, 5.41) is 13.8. The minimum atomic E-state index is -0.275. The molecule has 146 valence electrons. The highest BCUT2D eigenvalue weighted by Gasteiger charge is 2.30. The van der Waals surface area contributed by atoms with Gasteiger partial charge in [0.15, 0.2) is 12.1 Å². The minimum Gasteiger partial charge on any atom is -0.438 e. The van der Waals surface area contributed by atoms with Crippen LogP contribution >= 0.6 is 0 Å². The molecule has 0 unspecified atom stereocenters. The molecule has 0 saturated heterocycles. The summed E-state index contributed by atoms with van der Waals surface area (Å²) in [7, 11) is 0. The van der Waals surface area contributed by atoms with E-state index in [2.05, 4.69) is 25.7 Å². The largest absolute Gasteiger partial charge is 0.438 e. The lowest BCUT2D eigenvalue weighted by atomic mass is 10.0. The van der Waals surface area contributed by atoms with E-state index < -0.39 is 0 Å². The van der Waals surface area contributed by atoms with Crippen LogP contribution in [0, 0.1) is 20.8 Å². The van der Waals surface area contributed by atoms with Crippen molar-refractivity contribution in [3.05, 3.63) is 51.8 Å². The quantitative estimate of drug-likeness (QED) is 0.696. The SMILES string of the molecule is Cc1ncoc1C(=O)N1CCc2c(C(=O)NCc3c(C)noc3C)n[nH]c2C1. The van der Waals surface area contributed by atoms with Crippen LogP contribution < -0.4 is 5.32 Å². The van der Waals surface area contributed by atoms with Crippen molar-refractivity contribution >= 4 is 11.8 Å². The van der Waals surface area contributed by atoms with Crippen LogP contribution in [0.15, 0.2) is 15.3 Å². The molecular weight excluding hydrogens is 364 g/mol. The molecule has 10 nitrogen and oxygen atoms in total. The van der Waals surface area contributed by atoms with Gasteiger partial charge in [-0.25, -0.2) is 4.98 Å². The maximum atomic E-state index is 12.6. The third-order valence-corrected chi connectivity index (χ3v) is 4.98. The molecule has 3 aromatic rings. The van der Waals surface area contributed by atoms with E-state index in [4.69, 9.17) is 8.94 Å². The molecule has 0 bridgehead atoms. The summed E-state index contributed by atoms with van der Waals surface area (Å²) in [5.41, 5.74) is 4.09. The summed E-state index contributed by atoms with van der Waals surface area (Å²) in [6.45, 7) is 6.48. The maximum Gasteiger partial charge on any atom is 0.291 e. The zero-order chi connectivity index (χ0) is 19.8. The van der Waals surface area contributed by atoms with Gasteiger partial charge < -0.3 is 19.2 Å². The number of nitrogens with zero attached hydrogens (tertiary/aromatic N) is 4. The Balaban J connectivity index is 1.46. The number of aryl methyl sites for hydroxylation is 3. The minimum absolute atomic E-state index is 0.223. The molecular formula is C18H20N6O4. The van der Waals surface area contributed by atoms with Crippen molar-refractivity contribution in [1.82, 2.24) is 30.6 Å². The number of nitrogens with one attached hydrogen (secondary N) is 2. The molecule has 0 saturated carbocycles. The van der Waals surface area contributed by atoms with E-state index in [1.54, 1.807) is 18.7 Å². The molecule has 0 aliphatic carbocycles. The van der Waals surface area contributed by atoms with Gasteiger partial charge in [-0.2, -0.15) is 5.10 Å². The topological polar surface area (TPSA) is 130 Å². The summed E-state index contributed by atoms with van der Waals surface area (Å²) >= 11 is 0. The molecule has 4 rings (SSSR count). The van der Waals surface area contributed by atoms with Crippen LogP contribution in [0.4, 0.5) is 0 Å². The van der Waals surface area contributed by atoms with E-state index in [0.29, 0.717) is 43.2 Å². The average Bonchev–Trinajstić information content (AvgIpc) is 3.38. The smallest absolute Gasteiger partial charge is 0.291 e. The number of rotatable bonds is 4. The summed E-state index contributed by atoms with van der Waals surface area (Å²) < 4.78 is 10.3. The summed E-state index contributed by atoms with van der Waals surface area (Å²) in [5.74, 6) is 0.419. The lowest BCUT2D eigenvalue weighted by Crippen LogP contribution is -2.36. The zero-order valence-electron chi connectivity index (χ0n) is 15.8. The second-order valence-electron chi connectivity index (χ2n) is 6.76. The van der Waals surface area contributed by atoms with E-state index in [1.165, 1.54) is 6.39 Å². The molecule has 2 N–H and O–H groups in total. The van der Waals surface area contributed by atoms with Crippen molar-refractivity contribution in [3.8, 4) is 0 Å². The number of fused-ring (bicyclic) bond motifs is 1. The molecule has 1 aliphatic rings. The van der Waals surface area contributed by atoms with E-state index in [0.717, 1.165) is 22.5 Å². The van der Waals surface area contributed by atoms with Gasteiger partial charge in [0, 0.05) is 24.2 Å². The van der Waals surface area contributed by atoms with Crippen molar-refractivity contribution in [2.45, 2.75) is 40.3 Å². The van der Waals surface area contributed by atoms with Gasteiger partial charge in [0.05, 0.1) is 23.6 Å². The molecule has 0 atom stereocenters. The molecule has 0 spiro atoms. The molecule has 0 aromatic carbocycles. The van der Waals surface area contributed by atoms with E-state index in [1.807, 2.05) is 6.92 Å². The van der Waals surface area contributed by atoms with Crippen LogP contribution in [-0.2, 0) is 19.5 Å². The normalized spacial score (nSPS) is 13.5. The second kappa shape index (κ2) is 6.95. The van der Waals surface area contributed by atoms with Gasteiger partial charge in [-0.05, 0) is 27.2 Å². The number of aromatic nitrogens is 4. The Bertz CT molecular complexity index is 1030. The second-order valence-corrected chi connectivity index (χ2v) is 6.76. The van der Waals surface area contributed by atoms with Crippen molar-refractivity contribution < 1.29 is 18.5 Å². The Labute approximate surface area is 160 Å². The number of oxazole rings is 1. The standard InChI is InChI=1S/C18H20N6O4/c1-9-13(11(3)28-23-9)6-19-17(25)15-12-4-5-24(7-14(12)21-22-15)18(26)16-10(2)20-8-27-16/h8H,4-7H2,1-3H3,(H,19,25)(H,21,22). The molecule has 28 heavy (non-hydrogen) atoms. The molecule has 0 radical (unpaired) electrons. The van der Waals surface area contributed by atoms with Crippen LogP contribution in [0.2, 0.25) is 0 Å². The van der Waals surface area contributed by atoms with Crippen LogP contribution in [0.1, 0.15) is 55.0 Å². The fraction of sp³-hybridized carbons (Fsp3) is 0.389. The number of hydrogen-bond donors (Lipinski definition) is 2. The van der Waals surface area contributed by atoms with Gasteiger partial charge in [-0.1, -0.05) is 5.16 Å². The number of hydrogen-bond acceptors (Lipinski definition) is 7. The lowest BCUT2D eigenvalue weighted by molar-refractivity contribution is 0.0699. The number of carbonyl (C=O) groups is 2. The Morgan fingerprint density at radius 3 is 2.79 bits per heavy atom. The van der Waals surface area contributed by atoms with Crippen molar-refractivity contribution in [3.63, 3.8) is 0 Å². The first kappa shape index (κ1) is 18.0. The highest BCUT2D eigenvalue weighted by atomic mass is 16.5. The van der Waals surface area contributed by atoms with Gasteiger partial charge in [-0.3, -0.25) is 14.7 Å². The van der Waals surface area contributed by atoms with Gasteiger partial charge in [0.25, 0.3) is 11.8 Å². The Morgan fingerprint density at radius 1 is 1.29 bits per heavy atom. The van der Waals surface area contributed by atoms with Gasteiger partial charge >= 0.3 is 0 Å². The highest BCUT2D eigenvalue weighted by Crippen LogP contribution is 2.22. The number of aromatic amines is 1. The lowest BCUT2D eigenvalue weighted by Gasteiger charge is -2.26. The Hall–Kier alpha value is -3.43. The van der Waals surface area contributed by atoms with E-state index in [-0.39, 0.29) is 17.6 Å². The first-order valence-electron chi connectivity index (χ1n) is 8.91. The van der Waals surface area contributed by atoms with Crippen molar-refractivity contribution in [1.29, 1.82) is 0 Å². The molecule has 10 heteroatoms. The first-order valence-corrected chi connectivity index (χ1v) is 8.91. The van der Waals surface area contributed by atoms with Crippen molar-refractivity contribution in [2.75, 3.05) is 6.54 Å². The number of amides is 2. The molecule has 0 fully saturated rings. The van der Waals surface area contributed by atoms with Crippen LogP contribution in [0.5, 0.6) is 0 Å². The van der Waals surface area contributed by atoms with Gasteiger partial charge in [0.1, 0.15) is 5.76 Å². The number of carbonyl (C=O) groups excluding carboxylic acids is 2. The third-order valence-electron chi connectivity index (χ3n) is 4.98. The fourth-order valence-electron chi connectivity index (χ4n) is 3.34. The summed E-state index contributed by atoms with van der Waals surface area (Å²) in [6.07, 6.45) is 1.79. The molecule has 2 amide bonds. The van der Waals surface area contributed by atoms with Crippen molar-refractivity contribution in [2.24, 2.45) is 0 Å². The highest BCUT2D eigenvalue weighted by molar-refractivity contribution is 5.95.